The van der Waals surface area contributed by atoms with Crippen LogP contribution >= 0.6 is 0 Å². The van der Waals surface area contributed by atoms with Gasteiger partial charge in [-0.1, -0.05) is 37.8 Å². The van der Waals surface area contributed by atoms with Crippen molar-refractivity contribution in [3.63, 3.8) is 0 Å². The highest BCUT2D eigenvalue weighted by atomic mass is 16.5. The third-order valence-corrected chi connectivity index (χ3v) is 5.24. The first-order valence-electron chi connectivity index (χ1n) is 9.53. The van der Waals surface area contributed by atoms with E-state index < -0.39 is 0 Å². The minimum absolute atomic E-state index is 0.127. The maximum absolute atomic E-state index is 13.2. The lowest BCUT2D eigenvalue weighted by atomic mass is 10.0. The van der Waals surface area contributed by atoms with Crippen molar-refractivity contribution < 1.29 is 14.3 Å². The van der Waals surface area contributed by atoms with Crippen LogP contribution in [0.15, 0.2) is 24.3 Å². The Morgan fingerprint density at radius 3 is 2.76 bits per heavy atom. The number of amides is 1. The highest BCUT2D eigenvalue weighted by Crippen LogP contribution is 2.25. The first-order valence-corrected chi connectivity index (χ1v) is 9.53. The molecule has 3 rings (SSSR count). The van der Waals surface area contributed by atoms with Crippen molar-refractivity contribution in [1.29, 1.82) is 0 Å². The minimum atomic E-state index is -0.359. The second-order valence-corrected chi connectivity index (χ2v) is 7.03. The molecular formula is C20H30N2O3. The number of carbonyl (C=O) groups is 1. The van der Waals surface area contributed by atoms with Gasteiger partial charge >= 0.3 is 0 Å². The van der Waals surface area contributed by atoms with Crippen LogP contribution in [0.1, 0.15) is 44.1 Å². The molecule has 1 heterocycles. The Morgan fingerprint density at radius 1 is 1.28 bits per heavy atom. The molecule has 1 amide bonds. The molecule has 25 heavy (non-hydrogen) atoms. The van der Waals surface area contributed by atoms with Crippen LogP contribution in [0.2, 0.25) is 0 Å². The van der Waals surface area contributed by atoms with Crippen LogP contribution in [0.4, 0.5) is 0 Å². The number of nitrogens with one attached hydrogen (secondary N) is 1. The summed E-state index contributed by atoms with van der Waals surface area (Å²) in [6.45, 7) is 2.66. The minimum Gasteiger partial charge on any atom is -0.497 e. The molecule has 0 aromatic heterocycles. The Kier molecular flexibility index (Phi) is 6.70. The number of hydrogen-bond donors (Lipinski definition) is 1. The fourth-order valence-electron chi connectivity index (χ4n) is 3.83. The lowest BCUT2D eigenvalue weighted by molar-refractivity contribution is -0.148. The number of hydrogen-bond acceptors (Lipinski definition) is 4. The van der Waals surface area contributed by atoms with Crippen molar-refractivity contribution in [2.24, 2.45) is 0 Å². The summed E-state index contributed by atoms with van der Waals surface area (Å²) in [5, 5.41) is 3.28. The van der Waals surface area contributed by atoms with E-state index in [2.05, 4.69) is 16.3 Å². The number of methoxy groups -OCH3 is 1. The number of rotatable bonds is 5. The van der Waals surface area contributed by atoms with Crippen LogP contribution in [0, 0.1) is 0 Å². The molecule has 5 nitrogen and oxygen atoms in total. The van der Waals surface area contributed by atoms with Gasteiger partial charge in [0.2, 0.25) is 0 Å². The Balaban J connectivity index is 1.78. The Hall–Kier alpha value is -1.59. The van der Waals surface area contributed by atoms with Crippen LogP contribution in [0.5, 0.6) is 5.75 Å². The van der Waals surface area contributed by atoms with Gasteiger partial charge in [-0.25, -0.2) is 0 Å². The highest BCUT2D eigenvalue weighted by Gasteiger charge is 2.31. The van der Waals surface area contributed by atoms with Crippen LogP contribution in [0.3, 0.4) is 0 Å². The summed E-state index contributed by atoms with van der Waals surface area (Å²) in [4.78, 5) is 15.3. The molecule has 5 heteroatoms. The summed E-state index contributed by atoms with van der Waals surface area (Å²) in [6.07, 6.45) is 6.79. The molecule has 0 bridgehead atoms. The molecule has 2 aliphatic rings. The van der Waals surface area contributed by atoms with Crippen LogP contribution in [-0.2, 0) is 16.1 Å². The normalized spacial score (nSPS) is 22.2. The zero-order valence-corrected chi connectivity index (χ0v) is 15.2. The Labute approximate surface area is 150 Å². The van der Waals surface area contributed by atoms with Gasteiger partial charge in [-0.15, -0.1) is 0 Å². The molecule has 1 saturated carbocycles. The van der Waals surface area contributed by atoms with Crippen LogP contribution in [-0.4, -0.2) is 49.8 Å². The smallest absolute Gasteiger partial charge is 0.253 e. The second kappa shape index (κ2) is 9.20. The van der Waals surface area contributed by atoms with E-state index >= 15 is 0 Å². The van der Waals surface area contributed by atoms with E-state index in [0.29, 0.717) is 25.7 Å². The first-order chi connectivity index (χ1) is 12.3. The molecule has 138 valence electrons. The van der Waals surface area contributed by atoms with E-state index in [1.807, 2.05) is 18.2 Å². The van der Waals surface area contributed by atoms with Gasteiger partial charge in [0.1, 0.15) is 11.9 Å². The number of carbonyl (C=O) groups excluding carboxylic acids is 1. The van der Waals surface area contributed by atoms with Gasteiger partial charge in [0.05, 0.1) is 13.7 Å². The van der Waals surface area contributed by atoms with Crippen molar-refractivity contribution >= 4 is 5.91 Å². The summed E-state index contributed by atoms with van der Waals surface area (Å²) in [5.74, 6) is 0.961. The third kappa shape index (κ3) is 4.95. The number of ether oxygens (including phenoxy) is 2. The SMILES string of the molecule is COc1cccc(CN(C(=O)[C@H]2CNCCO2)C2CCCCCC2)c1. The lowest BCUT2D eigenvalue weighted by Gasteiger charge is -2.35. The van der Waals surface area contributed by atoms with E-state index in [4.69, 9.17) is 9.47 Å². The fourth-order valence-corrected chi connectivity index (χ4v) is 3.83. The van der Waals surface area contributed by atoms with Crippen LogP contribution in [0.25, 0.3) is 0 Å². The lowest BCUT2D eigenvalue weighted by Crippen LogP contribution is -2.52. The molecule has 1 aliphatic heterocycles. The van der Waals surface area contributed by atoms with Crippen LogP contribution < -0.4 is 10.1 Å². The standard InChI is InChI=1S/C20H30N2O3/c1-24-18-10-6-7-16(13-18)15-22(17-8-4-2-3-5-9-17)20(23)19-14-21-11-12-25-19/h6-7,10,13,17,19,21H,2-5,8-9,11-12,14-15H2,1H3/t19-/m1/s1. The van der Waals surface area contributed by atoms with E-state index in [9.17, 15) is 4.79 Å². The molecule has 1 aromatic rings. The predicted molar refractivity (Wildman–Crippen MR) is 97.6 cm³/mol. The highest BCUT2D eigenvalue weighted by molar-refractivity contribution is 5.81. The molecule has 2 fully saturated rings. The molecule has 0 spiro atoms. The van der Waals surface area contributed by atoms with Gasteiger partial charge in [0.25, 0.3) is 5.91 Å². The monoisotopic (exact) mass is 346 g/mol. The number of morpholine rings is 1. The fraction of sp³-hybridized carbons (Fsp3) is 0.650. The van der Waals surface area contributed by atoms with E-state index in [1.165, 1.54) is 25.7 Å². The number of benzene rings is 1. The molecule has 1 N–H and O–H groups in total. The summed E-state index contributed by atoms with van der Waals surface area (Å²) >= 11 is 0. The van der Waals surface area contributed by atoms with Crippen molar-refractivity contribution in [3.8, 4) is 5.75 Å². The van der Waals surface area contributed by atoms with Gasteiger partial charge in [-0.2, -0.15) is 0 Å². The Bertz CT molecular complexity index is 550. The van der Waals surface area contributed by atoms with Gasteiger partial charge in [0, 0.05) is 25.7 Å². The van der Waals surface area contributed by atoms with Gasteiger partial charge in [-0.05, 0) is 30.5 Å². The maximum Gasteiger partial charge on any atom is 0.253 e. The summed E-state index contributed by atoms with van der Waals surface area (Å²) in [6, 6.07) is 8.33. The second-order valence-electron chi connectivity index (χ2n) is 7.03. The molecular weight excluding hydrogens is 316 g/mol. The molecule has 1 atom stereocenters. The average molecular weight is 346 g/mol. The molecule has 1 aromatic carbocycles. The summed E-state index contributed by atoms with van der Waals surface area (Å²) < 4.78 is 11.1. The van der Waals surface area contributed by atoms with Gasteiger partial charge in [-0.3, -0.25) is 4.79 Å². The van der Waals surface area contributed by atoms with Gasteiger partial charge in [0.15, 0.2) is 0 Å². The van der Waals surface area contributed by atoms with Crippen molar-refractivity contribution in [2.45, 2.75) is 57.2 Å². The topological polar surface area (TPSA) is 50.8 Å². The zero-order valence-electron chi connectivity index (χ0n) is 15.2. The summed E-state index contributed by atoms with van der Waals surface area (Å²) in [7, 11) is 1.68. The van der Waals surface area contributed by atoms with Crippen molar-refractivity contribution in [1.82, 2.24) is 10.2 Å². The average Bonchev–Trinajstić information content (AvgIpc) is 2.96. The van der Waals surface area contributed by atoms with E-state index in [1.54, 1.807) is 7.11 Å². The maximum atomic E-state index is 13.2. The van der Waals surface area contributed by atoms with E-state index in [0.717, 1.165) is 30.7 Å². The largest absolute Gasteiger partial charge is 0.497 e. The molecule has 0 radical (unpaired) electrons. The predicted octanol–water partition coefficient (Wildman–Crippen LogP) is 2.74. The van der Waals surface area contributed by atoms with E-state index in [-0.39, 0.29) is 12.0 Å². The summed E-state index contributed by atoms with van der Waals surface area (Å²) in [5.41, 5.74) is 1.11. The Morgan fingerprint density at radius 2 is 2.08 bits per heavy atom. The zero-order chi connectivity index (χ0) is 17.5. The molecule has 1 saturated heterocycles. The molecule has 1 aliphatic carbocycles. The number of nitrogens with zero attached hydrogens (tertiary/aromatic N) is 1. The third-order valence-electron chi connectivity index (χ3n) is 5.24. The van der Waals surface area contributed by atoms with Crippen molar-refractivity contribution in [3.05, 3.63) is 29.8 Å². The van der Waals surface area contributed by atoms with Gasteiger partial charge < -0.3 is 19.7 Å². The quantitative estimate of drug-likeness (QED) is 0.833. The molecule has 0 unspecified atom stereocenters. The van der Waals surface area contributed by atoms with Crippen molar-refractivity contribution in [2.75, 3.05) is 26.8 Å². The first kappa shape index (κ1) is 18.2.